The van der Waals surface area contributed by atoms with Gasteiger partial charge >= 0.3 is 0 Å². The van der Waals surface area contributed by atoms with Gasteiger partial charge in [-0.15, -0.1) is 0 Å². The molecule has 21 heavy (non-hydrogen) atoms. The Balaban J connectivity index is 1.33. The summed E-state index contributed by atoms with van der Waals surface area (Å²) in [7, 11) is 0. The first-order chi connectivity index (χ1) is 10.4. The van der Waals surface area contributed by atoms with E-state index in [1.165, 1.54) is 44.1 Å². The molecule has 3 nitrogen and oxygen atoms in total. The average Bonchev–Trinajstić information content (AvgIpc) is 3.38. The van der Waals surface area contributed by atoms with Crippen LogP contribution >= 0.6 is 0 Å². The van der Waals surface area contributed by atoms with E-state index in [1.54, 1.807) is 0 Å². The van der Waals surface area contributed by atoms with Gasteiger partial charge in [-0.2, -0.15) is 0 Å². The fourth-order valence-electron chi connectivity index (χ4n) is 3.87. The van der Waals surface area contributed by atoms with Crippen LogP contribution in [0.15, 0.2) is 18.2 Å². The van der Waals surface area contributed by atoms with Crippen LogP contribution in [0.25, 0.3) is 0 Å². The van der Waals surface area contributed by atoms with Crippen LogP contribution in [0.3, 0.4) is 0 Å². The van der Waals surface area contributed by atoms with Crippen LogP contribution in [0.2, 0.25) is 0 Å². The van der Waals surface area contributed by atoms with Crippen LogP contribution in [0.5, 0.6) is 11.5 Å². The van der Waals surface area contributed by atoms with Crippen LogP contribution in [-0.4, -0.2) is 19.3 Å². The number of nitrogens with one attached hydrogen (secondary N) is 1. The number of hydrogen-bond acceptors (Lipinski definition) is 3. The summed E-state index contributed by atoms with van der Waals surface area (Å²) in [5.41, 5.74) is 1.30. The van der Waals surface area contributed by atoms with Crippen LogP contribution in [0.4, 0.5) is 0 Å². The van der Waals surface area contributed by atoms with Gasteiger partial charge in [0, 0.05) is 12.6 Å². The summed E-state index contributed by atoms with van der Waals surface area (Å²) in [6.07, 6.45) is 8.56. The van der Waals surface area contributed by atoms with Crippen LogP contribution in [0, 0.1) is 11.8 Å². The molecule has 0 saturated heterocycles. The van der Waals surface area contributed by atoms with Gasteiger partial charge in [-0.1, -0.05) is 18.9 Å². The maximum atomic E-state index is 5.66. The number of hydrogen-bond donors (Lipinski definition) is 1. The molecule has 3 heteroatoms. The van der Waals surface area contributed by atoms with Crippen molar-refractivity contribution in [3.8, 4) is 11.5 Å². The van der Waals surface area contributed by atoms with E-state index in [2.05, 4.69) is 17.4 Å². The molecule has 1 aliphatic heterocycles. The van der Waals surface area contributed by atoms with Gasteiger partial charge in [0.2, 0.25) is 0 Å². The van der Waals surface area contributed by atoms with E-state index < -0.39 is 0 Å². The predicted octanol–water partition coefficient (Wildman–Crippen LogP) is 3.52. The Labute approximate surface area is 127 Å². The Morgan fingerprint density at radius 2 is 1.81 bits per heavy atom. The predicted molar refractivity (Wildman–Crippen MR) is 82.7 cm³/mol. The second-order valence-corrected chi connectivity index (χ2v) is 6.82. The second-order valence-electron chi connectivity index (χ2n) is 6.82. The van der Waals surface area contributed by atoms with Crippen molar-refractivity contribution in [3.05, 3.63) is 23.8 Å². The minimum absolute atomic E-state index is 0.662. The Kier molecular flexibility index (Phi) is 3.76. The lowest BCUT2D eigenvalue weighted by atomic mass is 9.82. The van der Waals surface area contributed by atoms with Gasteiger partial charge in [0.25, 0.3) is 0 Å². The molecule has 1 aromatic carbocycles. The zero-order chi connectivity index (χ0) is 14.1. The third kappa shape index (κ3) is 3.18. The Bertz CT molecular complexity index is 498. The van der Waals surface area contributed by atoms with Crippen molar-refractivity contribution in [3.63, 3.8) is 0 Å². The van der Waals surface area contributed by atoms with E-state index >= 15 is 0 Å². The van der Waals surface area contributed by atoms with Crippen molar-refractivity contribution in [1.82, 2.24) is 5.32 Å². The van der Waals surface area contributed by atoms with Crippen molar-refractivity contribution in [2.75, 3.05) is 13.2 Å². The van der Waals surface area contributed by atoms with E-state index in [4.69, 9.17) is 9.47 Å². The van der Waals surface area contributed by atoms with E-state index in [1.807, 2.05) is 6.07 Å². The molecule has 0 aromatic heterocycles. The number of benzene rings is 1. The molecule has 1 heterocycles. The molecule has 2 unspecified atom stereocenters. The lowest BCUT2D eigenvalue weighted by molar-refractivity contribution is 0.171. The molecule has 0 bridgehead atoms. The Morgan fingerprint density at radius 1 is 0.952 bits per heavy atom. The summed E-state index contributed by atoms with van der Waals surface area (Å²) >= 11 is 0. The highest BCUT2D eigenvalue weighted by molar-refractivity contribution is 5.43. The molecular formula is C18H25NO2. The van der Waals surface area contributed by atoms with E-state index in [0.29, 0.717) is 19.3 Å². The van der Waals surface area contributed by atoms with E-state index in [0.717, 1.165) is 29.9 Å². The van der Waals surface area contributed by atoms with Crippen molar-refractivity contribution in [1.29, 1.82) is 0 Å². The monoisotopic (exact) mass is 287 g/mol. The van der Waals surface area contributed by atoms with E-state index in [-0.39, 0.29) is 0 Å². The van der Waals surface area contributed by atoms with Crippen molar-refractivity contribution >= 4 is 0 Å². The highest BCUT2D eigenvalue weighted by atomic mass is 16.6. The standard InChI is InChI=1S/C18H25NO2/c1-2-15(14-5-6-14)11-16(3-1)19-12-13-4-7-17-18(10-13)21-9-8-20-17/h4,7,10,14-16,19H,1-3,5-6,8-9,11-12H2. The zero-order valence-electron chi connectivity index (χ0n) is 12.6. The summed E-state index contributed by atoms with van der Waals surface area (Å²) in [4.78, 5) is 0. The van der Waals surface area contributed by atoms with Gasteiger partial charge in [0.15, 0.2) is 11.5 Å². The summed E-state index contributed by atoms with van der Waals surface area (Å²) in [5, 5.41) is 3.76. The van der Waals surface area contributed by atoms with Gasteiger partial charge in [0.05, 0.1) is 0 Å². The normalized spacial score (nSPS) is 28.4. The molecule has 0 spiro atoms. The van der Waals surface area contributed by atoms with Crippen molar-refractivity contribution in [2.45, 2.75) is 51.1 Å². The molecule has 2 saturated carbocycles. The fourth-order valence-corrected chi connectivity index (χ4v) is 3.87. The quantitative estimate of drug-likeness (QED) is 0.919. The molecule has 114 valence electrons. The molecular weight excluding hydrogens is 262 g/mol. The summed E-state index contributed by atoms with van der Waals surface area (Å²) in [6.45, 7) is 2.27. The molecule has 1 aromatic rings. The third-order valence-corrected chi connectivity index (χ3v) is 5.20. The first kappa shape index (κ1) is 13.4. The average molecular weight is 287 g/mol. The highest BCUT2D eigenvalue weighted by Gasteiger charge is 2.34. The topological polar surface area (TPSA) is 30.5 Å². The van der Waals surface area contributed by atoms with Crippen LogP contribution < -0.4 is 14.8 Å². The zero-order valence-corrected chi connectivity index (χ0v) is 12.6. The van der Waals surface area contributed by atoms with E-state index in [9.17, 15) is 0 Å². The van der Waals surface area contributed by atoms with Gasteiger partial charge in [-0.3, -0.25) is 0 Å². The first-order valence-electron chi connectivity index (χ1n) is 8.50. The fraction of sp³-hybridized carbons (Fsp3) is 0.667. The second kappa shape index (κ2) is 5.88. The first-order valence-corrected chi connectivity index (χ1v) is 8.50. The van der Waals surface area contributed by atoms with Gasteiger partial charge in [0.1, 0.15) is 13.2 Å². The number of fused-ring (bicyclic) bond motifs is 1. The molecule has 0 radical (unpaired) electrons. The third-order valence-electron chi connectivity index (χ3n) is 5.20. The minimum Gasteiger partial charge on any atom is -0.486 e. The molecule has 2 aliphatic carbocycles. The number of ether oxygens (including phenoxy) is 2. The molecule has 2 atom stereocenters. The molecule has 2 fully saturated rings. The minimum atomic E-state index is 0.662. The van der Waals surface area contributed by atoms with Crippen LogP contribution in [-0.2, 0) is 6.54 Å². The van der Waals surface area contributed by atoms with Gasteiger partial charge in [-0.05, 0) is 55.2 Å². The van der Waals surface area contributed by atoms with Gasteiger partial charge < -0.3 is 14.8 Å². The smallest absolute Gasteiger partial charge is 0.161 e. The Morgan fingerprint density at radius 3 is 2.67 bits per heavy atom. The lowest BCUT2D eigenvalue weighted by Gasteiger charge is -2.30. The molecule has 1 N–H and O–H groups in total. The van der Waals surface area contributed by atoms with Crippen LogP contribution in [0.1, 0.15) is 44.1 Å². The summed E-state index contributed by atoms with van der Waals surface area (Å²) in [5.74, 6) is 3.84. The Hall–Kier alpha value is -1.22. The van der Waals surface area contributed by atoms with Crippen molar-refractivity contribution in [2.24, 2.45) is 11.8 Å². The molecule has 4 rings (SSSR count). The lowest BCUT2D eigenvalue weighted by Crippen LogP contribution is -2.34. The highest BCUT2D eigenvalue weighted by Crippen LogP contribution is 2.43. The molecule has 3 aliphatic rings. The van der Waals surface area contributed by atoms with Gasteiger partial charge in [-0.25, -0.2) is 0 Å². The largest absolute Gasteiger partial charge is 0.486 e. The maximum absolute atomic E-state index is 5.66. The SMILES string of the molecule is c1cc2c(cc1CNC1CCCC(C3CC3)C1)OCCO2. The maximum Gasteiger partial charge on any atom is 0.161 e. The number of rotatable bonds is 4. The summed E-state index contributed by atoms with van der Waals surface area (Å²) < 4.78 is 11.2. The summed E-state index contributed by atoms with van der Waals surface area (Å²) in [6, 6.07) is 7.03. The molecule has 0 amide bonds. The van der Waals surface area contributed by atoms with Crippen molar-refractivity contribution < 1.29 is 9.47 Å².